The van der Waals surface area contributed by atoms with Gasteiger partial charge in [-0.05, 0) is 48.6 Å². The van der Waals surface area contributed by atoms with E-state index in [9.17, 15) is 0 Å². The fourth-order valence-electron chi connectivity index (χ4n) is 3.32. The maximum Gasteiger partial charge on any atom is 0.251 e. The summed E-state index contributed by atoms with van der Waals surface area (Å²) in [5.41, 5.74) is 0. The van der Waals surface area contributed by atoms with Crippen LogP contribution in [0.3, 0.4) is 0 Å². The van der Waals surface area contributed by atoms with Crippen LogP contribution >= 0.6 is 22.2 Å². The van der Waals surface area contributed by atoms with E-state index in [0.717, 1.165) is 29.8 Å². The number of fused-ring (bicyclic) bond motifs is 2. The van der Waals surface area contributed by atoms with Gasteiger partial charge in [-0.25, -0.2) is 0 Å². The van der Waals surface area contributed by atoms with Gasteiger partial charge in [-0.3, -0.25) is 0 Å². The second kappa shape index (κ2) is 5.03. The minimum absolute atomic E-state index is 0.640. The zero-order valence-electron chi connectivity index (χ0n) is 10.3. The van der Waals surface area contributed by atoms with Crippen molar-refractivity contribution >= 4 is 28.9 Å². The largest absolute Gasteiger partial charge is 0.251 e. The normalized spacial score (nSPS) is 32.9. The fourth-order valence-corrected chi connectivity index (χ4v) is 8.02. The number of halogens is 2. The van der Waals surface area contributed by atoms with Crippen LogP contribution in [0.1, 0.15) is 33.1 Å². The molecule has 0 saturated heterocycles. The highest BCUT2D eigenvalue weighted by Crippen LogP contribution is 2.46. The standard InChI is InChI=1S/C13H22Cl2Si/c1-10(2)9-16(14,15)6-5-13-8-11-3-4-12(13)7-11/h3-4,10-13H,5-9H2,1-2H3. The summed E-state index contributed by atoms with van der Waals surface area (Å²) in [5, 5.41) is 0. The van der Waals surface area contributed by atoms with Crippen molar-refractivity contribution in [2.45, 2.75) is 45.2 Å². The molecule has 16 heavy (non-hydrogen) atoms. The van der Waals surface area contributed by atoms with Crippen molar-refractivity contribution in [3.8, 4) is 0 Å². The molecule has 0 aromatic heterocycles. The van der Waals surface area contributed by atoms with Crippen LogP contribution in [0.25, 0.3) is 0 Å². The van der Waals surface area contributed by atoms with E-state index in [-0.39, 0.29) is 0 Å². The zero-order chi connectivity index (χ0) is 11.8. The molecule has 0 radical (unpaired) electrons. The average Bonchev–Trinajstić information content (AvgIpc) is 2.73. The third kappa shape index (κ3) is 3.27. The number of rotatable bonds is 5. The van der Waals surface area contributed by atoms with E-state index in [0.29, 0.717) is 5.92 Å². The Hall–Kier alpha value is 0.537. The summed E-state index contributed by atoms with van der Waals surface area (Å²) in [4.78, 5) is 0. The van der Waals surface area contributed by atoms with Gasteiger partial charge in [-0.15, -0.1) is 22.2 Å². The third-order valence-electron chi connectivity index (χ3n) is 4.00. The molecule has 0 heterocycles. The van der Waals surface area contributed by atoms with Crippen molar-refractivity contribution in [2.75, 3.05) is 0 Å². The van der Waals surface area contributed by atoms with Crippen LogP contribution in [0.4, 0.5) is 0 Å². The van der Waals surface area contributed by atoms with Crippen molar-refractivity contribution in [3.63, 3.8) is 0 Å². The van der Waals surface area contributed by atoms with Gasteiger partial charge >= 0.3 is 0 Å². The summed E-state index contributed by atoms with van der Waals surface area (Å²) in [7, 11) is 0. The molecule has 0 amide bonds. The lowest BCUT2D eigenvalue weighted by Gasteiger charge is -2.23. The zero-order valence-corrected chi connectivity index (χ0v) is 12.8. The first-order valence-electron chi connectivity index (χ1n) is 6.52. The van der Waals surface area contributed by atoms with E-state index in [1.165, 1.54) is 19.3 Å². The molecule has 0 N–H and O–H groups in total. The summed E-state index contributed by atoms with van der Waals surface area (Å²) < 4.78 is 0. The molecule has 0 spiro atoms. The Bertz CT molecular complexity index is 273. The number of hydrogen-bond donors (Lipinski definition) is 0. The van der Waals surface area contributed by atoms with Crippen molar-refractivity contribution < 1.29 is 0 Å². The van der Waals surface area contributed by atoms with Gasteiger partial charge in [0.15, 0.2) is 0 Å². The smallest absolute Gasteiger partial charge is 0.146 e. The minimum Gasteiger partial charge on any atom is -0.146 e. The molecule has 3 unspecified atom stereocenters. The molecular formula is C13H22Cl2Si. The van der Waals surface area contributed by atoms with Crippen LogP contribution in [-0.4, -0.2) is 6.69 Å². The van der Waals surface area contributed by atoms with Crippen molar-refractivity contribution in [2.24, 2.45) is 23.7 Å². The topological polar surface area (TPSA) is 0 Å². The van der Waals surface area contributed by atoms with Gasteiger partial charge < -0.3 is 0 Å². The molecule has 2 rings (SSSR count). The van der Waals surface area contributed by atoms with Crippen molar-refractivity contribution in [3.05, 3.63) is 12.2 Å². The lowest BCUT2D eigenvalue weighted by atomic mass is 9.91. The Kier molecular flexibility index (Phi) is 4.08. The highest BCUT2D eigenvalue weighted by Gasteiger charge is 2.37. The molecule has 0 aromatic carbocycles. The number of allylic oxidation sites excluding steroid dienone is 2. The van der Waals surface area contributed by atoms with Gasteiger partial charge in [-0.1, -0.05) is 32.4 Å². The van der Waals surface area contributed by atoms with Gasteiger partial charge in [0.05, 0.1) is 0 Å². The maximum absolute atomic E-state index is 6.50. The molecule has 0 aromatic rings. The van der Waals surface area contributed by atoms with E-state index in [4.69, 9.17) is 22.2 Å². The van der Waals surface area contributed by atoms with Gasteiger partial charge in [0, 0.05) is 0 Å². The van der Waals surface area contributed by atoms with Gasteiger partial charge in [-0.2, -0.15) is 0 Å². The van der Waals surface area contributed by atoms with E-state index >= 15 is 0 Å². The second-order valence-corrected chi connectivity index (χ2v) is 13.6. The molecule has 3 atom stereocenters. The molecule has 3 heteroatoms. The molecule has 1 saturated carbocycles. The van der Waals surface area contributed by atoms with Crippen molar-refractivity contribution in [1.29, 1.82) is 0 Å². The lowest BCUT2D eigenvalue weighted by molar-refractivity contribution is 0.432. The summed E-state index contributed by atoms with van der Waals surface area (Å²) in [6.45, 7) is 2.49. The predicted molar refractivity (Wildman–Crippen MR) is 75.4 cm³/mol. The van der Waals surface area contributed by atoms with E-state index in [2.05, 4.69) is 26.0 Å². The van der Waals surface area contributed by atoms with E-state index in [1.54, 1.807) is 0 Å². The molecular weight excluding hydrogens is 255 g/mol. The highest BCUT2D eigenvalue weighted by atomic mass is 35.7. The lowest BCUT2D eigenvalue weighted by Crippen LogP contribution is -2.23. The molecule has 92 valence electrons. The van der Waals surface area contributed by atoms with Crippen LogP contribution < -0.4 is 0 Å². The number of hydrogen-bond acceptors (Lipinski definition) is 0. The second-order valence-electron chi connectivity index (χ2n) is 6.03. The van der Waals surface area contributed by atoms with Gasteiger partial charge in [0.1, 0.15) is 0 Å². The first kappa shape index (κ1) is 13.0. The molecule has 2 aliphatic rings. The van der Waals surface area contributed by atoms with Crippen LogP contribution in [0.15, 0.2) is 12.2 Å². The summed E-state index contributed by atoms with van der Waals surface area (Å²) in [5.74, 6) is 3.25. The molecule has 2 aliphatic carbocycles. The third-order valence-corrected chi connectivity index (χ3v) is 8.50. The van der Waals surface area contributed by atoms with Crippen LogP contribution in [0.2, 0.25) is 12.1 Å². The van der Waals surface area contributed by atoms with Gasteiger partial charge in [0.2, 0.25) is 0 Å². The SMILES string of the molecule is CC(C)C[Si](Cl)(Cl)CCC1CC2C=CC1C2. The monoisotopic (exact) mass is 276 g/mol. The van der Waals surface area contributed by atoms with Crippen LogP contribution in [0, 0.1) is 23.7 Å². The summed E-state index contributed by atoms with van der Waals surface area (Å²) in [6.07, 6.45) is 8.88. The Labute approximate surface area is 110 Å². The Morgan fingerprint density at radius 1 is 1.25 bits per heavy atom. The highest BCUT2D eigenvalue weighted by molar-refractivity contribution is 7.45. The van der Waals surface area contributed by atoms with Gasteiger partial charge in [0.25, 0.3) is 6.69 Å². The first-order valence-corrected chi connectivity index (χ1v) is 11.0. The fraction of sp³-hybridized carbons (Fsp3) is 0.846. The summed E-state index contributed by atoms with van der Waals surface area (Å²) in [6, 6.07) is 2.14. The Balaban J connectivity index is 1.77. The minimum atomic E-state index is -1.94. The average molecular weight is 277 g/mol. The Morgan fingerprint density at radius 3 is 2.50 bits per heavy atom. The maximum atomic E-state index is 6.50. The van der Waals surface area contributed by atoms with Crippen LogP contribution in [-0.2, 0) is 0 Å². The molecule has 0 aliphatic heterocycles. The Morgan fingerprint density at radius 2 is 2.00 bits per heavy atom. The first-order chi connectivity index (χ1) is 7.46. The van der Waals surface area contributed by atoms with Crippen LogP contribution in [0.5, 0.6) is 0 Å². The quantitative estimate of drug-likeness (QED) is 0.370. The van der Waals surface area contributed by atoms with E-state index in [1.807, 2.05) is 0 Å². The predicted octanol–water partition coefficient (Wildman–Crippen LogP) is 5.16. The molecule has 0 nitrogen and oxygen atoms in total. The summed E-state index contributed by atoms with van der Waals surface area (Å²) >= 11 is 13.0. The van der Waals surface area contributed by atoms with Crippen molar-refractivity contribution in [1.82, 2.24) is 0 Å². The molecule has 1 fully saturated rings. The van der Waals surface area contributed by atoms with E-state index < -0.39 is 6.69 Å². The molecule has 2 bridgehead atoms.